The minimum absolute atomic E-state index is 0.294. The van der Waals surface area contributed by atoms with Crippen LogP contribution in [0, 0.1) is 11.6 Å². The summed E-state index contributed by atoms with van der Waals surface area (Å²) in [6.45, 7) is 1.44. The van der Waals surface area contributed by atoms with E-state index in [0.717, 1.165) is 18.6 Å². The first-order valence-electron chi connectivity index (χ1n) is 10.7. The number of hydrogen-bond donors (Lipinski definition) is 2. The molecule has 9 heteroatoms. The summed E-state index contributed by atoms with van der Waals surface area (Å²) < 4.78 is 28.2. The monoisotopic (exact) mass is 439 g/mol. The van der Waals surface area contributed by atoms with Gasteiger partial charge in [0.25, 0.3) is 0 Å². The number of aromatic nitrogens is 2. The van der Waals surface area contributed by atoms with Crippen LogP contribution in [0.25, 0.3) is 11.0 Å². The Kier molecular flexibility index (Phi) is 5.34. The number of likely N-dealkylation sites (tertiary alicyclic amines) is 1. The number of carbonyl (C=O) groups excluding carboxylic acids is 1. The lowest BCUT2D eigenvalue weighted by Gasteiger charge is -2.27. The number of aliphatic hydroxyl groups excluding tert-OH is 1. The molecule has 4 heterocycles. The number of carbonyl (C=O) groups is 1. The molecular weight excluding hydrogens is 416 g/mol. The highest BCUT2D eigenvalue weighted by Crippen LogP contribution is 2.37. The number of fused-ring (bicyclic) bond motifs is 1. The lowest BCUT2D eigenvalue weighted by molar-refractivity contribution is 0.176. The lowest BCUT2D eigenvalue weighted by atomic mass is 10.0. The molecule has 0 aliphatic carbocycles. The van der Waals surface area contributed by atoms with E-state index in [4.69, 9.17) is 4.98 Å². The minimum Gasteiger partial charge on any atom is -0.391 e. The van der Waals surface area contributed by atoms with E-state index in [1.54, 1.807) is 17.2 Å². The zero-order chi connectivity index (χ0) is 22.2. The predicted octanol–water partition coefficient (Wildman–Crippen LogP) is 3.85. The van der Waals surface area contributed by atoms with E-state index in [9.17, 15) is 18.7 Å². The molecule has 2 saturated heterocycles. The Hall–Kier alpha value is -3.33. The van der Waals surface area contributed by atoms with Crippen LogP contribution >= 0.6 is 0 Å². The van der Waals surface area contributed by atoms with Gasteiger partial charge in [-0.1, -0.05) is 0 Å². The third-order valence-electron chi connectivity index (χ3n) is 6.13. The fraction of sp³-hybridized carbons (Fsp3) is 0.348. The molecule has 166 valence electrons. The zero-order valence-electron chi connectivity index (χ0n) is 17.3. The zero-order valence-corrected chi connectivity index (χ0v) is 17.3. The molecule has 0 unspecified atom stereocenters. The summed E-state index contributed by atoms with van der Waals surface area (Å²) in [4.78, 5) is 25.2. The number of nitrogens with zero attached hydrogens (tertiary/aromatic N) is 4. The van der Waals surface area contributed by atoms with Gasteiger partial charge in [-0.05, 0) is 55.7 Å². The first kappa shape index (κ1) is 20.6. The molecule has 0 saturated carbocycles. The highest BCUT2D eigenvalue weighted by atomic mass is 19.1. The molecule has 1 aromatic carbocycles. The van der Waals surface area contributed by atoms with Gasteiger partial charge in [-0.3, -0.25) is 4.98 Å². The summed E-state index contributed by atoms with van der Waals surface area (Å²) in [5.74, 6) is -0.295. The third kappa shape index (κ3) is 3.84. The van der Waals surface area contributed by atoms with Crippen molar-refractivity contribution in [1.82, 2.24) is 14.9 Å². The number of urea groups is 1. The third-order valence-corrected chi connectivity index (χ3v) is 6.13. The average Bonchev–Trinajstić information content (AvgIpc) is 3.45. The molecule has 2 fully saturated rings. The molecule has 5 rings (SSSR count). The quantitative estimate of drug-likeness (QED) is 0.648. The van der Waals surface area contributed by atoms with E-state index in [2.05, 4.69) is 10.3 Å². The van der Waals surface area contributed by atoms with Crippen molar-refractivity contribution in [3.8, 4) is 0 Å². The smallest absolute Gasteiger partial charge is 0.321 e. The predicted molar refractivity (Wildman–Crippen MR) is 116 cm³/mol. The van der Waals surface area contributed by atoms with Crippen molar-refractivity contribution in [2.45, 2.75) is 31.4 Å². The fourth-order valence-electron chi connectivity index (χ4n) is 4.53. The van der Waals surface area contributed by atoms with E-state index in [-0.39, 0.29) is 12.1 Å². The van der Waals surface area contributed by atoms with E-state index >= 15 is 0 Å². The van der Waals surface area contributed by atoms with Gasteiger partial charge in [0.05, 0.1) is 23.3 Å². The van der Waals surface area contributed by atoms with Crippen molar-refractivity contribution in [2.75, 3.05) is 29.9 Å². The molecule has 0 radical (unpaired) electrons. The Morgan fingerprint density at radius 2 is 2.00 bits per heavy atom. The highest BCUT2D eigenvalue weighted by molar-refractivity contribution is 5.98. The second-order valence-corrected chi connectivity index (χ2v) is 8.23. The van der Waals surface area contributed by atoms with Crippen LogP contribution in [0.1, 0.15) is 30.9 Å². The van der Waals surface area contributed by atoms with Crippen LogP contribution in [-0.4, -0.2) is 51.7 Å². The van der Waals surface area contributed by atoms with Crippen LogP contribution in [-0.2, 0) is 0 Å². The van der Waals surface area contributed by atoms with E-state index in [0.29, 0.717) is 60.6 Å². The molecule has 32 heavy (non-hydrogen) atoms. The minimum atomic E-state index is -0.505. The molecule has 0 spiro atoms. The number of aliphatic hydroxyl groups is 1. The number of anilines is 2. The number of hydrogen-bond acceptors (Lipinski definition) is 5. The Morgan fingerprint density at radius 1 is 1.12 bits per heavy atom. The Bertz CT molecular complexity index is 1170. The van der Waals surface area contributed by atoms with Crippen LogP contribution < -0.4 is 10.2 Å². The van der Waals surface area contributed by atoms with Gasteiger partial charge >= 0.3 is 6.03 Å². The molecule has 2 amide bonds. The van der Waals surface area contributed by atoms with Crippen LogP contribution in [0.15, 0.2) is 42.6 Å². The highest BCUT2D eigenvalue weighted by Gasteiger charge is 2.30. The molecule has 0 bridgehead atoms. The number of halogens is 2. The SMILES string of the molecule is O=C(Nc1ccnc2ccc(N3CCC[C@@H]3c3cc(F)ccc3F)nc12)N1CC[C@H](O)C1. The number of amides is 2. The molecule has 2 aliphatic rings. The largest absolute Gasteiger partial charge is 0.391 e. The molecule has 2 aliphatic heterocycles. The van der Waals surface area contributed by atoms with Crippen molar-refractivity contribution in [2.24, 2.45) is 0 Å². The number of rotatable bonds is 3. The Balaban J connectivity index is 1.47. The van der Waals surface area contributed by atoms with Crippen LogP contribution in [0.3, 0.4) is 0 Å². The van der Waals surface area contributed by atoms with Crippen molar-refractivity contribution >= 4 is 28.6 Å². The summed E-state index contributed by atoms with van der Waals surface area (Å²) in [6.07, 6.45) is 3.16. The number of β-amino-alcohol motifs (C(OH)–C–C–N with tert-alkyl or cyclic N) is 1. The number of nitrogens with one attached hydrogen (secondary N) is 1. The lowest BCUT2D eigenvalue weighted by Crippen LogP contribution is -2.33. The molecule has 7 nitrogen and oxygen atoms in total. The summed E-state index contributed by atoms with van der Waals surface area (Å²) >= 11 is 0. The van der Waals surface area contributed by atoms with E-state index < -0.39 is 17.7 Å². The van der Waals surface area contributed by atoms with Gasteiger partial charge in [0.15, 0.2) is 0 Å². The second kappa shape index (κ2) is 8.31. The Labute approximate surface area is 183 Å². The van der Waals surface area contributed by atoms with Crippen LogP contribution in [0.4, 0.5) is 25.1 Å². The first-order chi connectivity index (χ1) is 15.5. The van der Waals surface area contributed by atoms with Crippen molar-refractivity contribution in [3.63, 3.8) is 0 Å². The summed E-state index contributed by atoms with van der Waals surface area (Å²) in [6, 6.07) is 8.19. The summed E-state index contributed by atoms with van der Waals surface area (Å²) in [5.41, 5.74) is 1.96. The summed E-state index contributed by atoms with van der Waals surface area (Å²) in [5, 5.41) is 12.6. The van der Waals surface area contributed by atoms with E-state index in [1.165, 1.54) is 6.07 Å². The summed E-state index contributed by atoms with van der Waals surface area (Å²) in [7, 11) is 0. The van der Waals surface area contributed by atoms with Gasteiger partial charge in [-0.2, -0.15) is 0 Å². The first-order valence-corrected chi connectivity index (χ1v) is 10.7. The standard InChI is InChI=1S/C23H23F2N5O2/c24-14-3-4-17(25)16(12-14)20-2-1-10-30(20)21-6-5-18-22(28-21)19(7-9-26-18)27-23(32)29-11-8-15(31)13-29/h3-7,9,12,15,20,31H,1-2,8,10-11,13H2,(H,26,27,32)/t15-,20+/m0/s1. The fourth-order valence-corrected chi connectivity index (χ4v) is 4.53. The van der Waals surface area contributed by atoms with Gasteiger partial charge in [0.1, 0.15) is 23.0 Å². The van der Waals surface area contributed by atoms with Gasteiger partial charge in [0, 0.05) is 31.4 Å². The van der Waals surface area contributed by atoms with Crippen LogP contribution in [0.5, 0.6) is 0 Å². The van der Waals surface area contributed by atoms with Gasteiger partial charge in [-0.25, -0.2) is 18.6 Å². The van der Waals surface area contributed by atoms with Crippen LogP contribution in [0.2, 0.25) is 0 Å². The normalized spacial score (nSPS) is 20.8. The molecule has 2 N–H and O–H groups in total. The maximum atomic E-state index is 14.5. The molecule has 2 atom stereocenters. The molecule has 2 aromatic heterocycles. The van der Waals surface area contributed by atoms with Crippen molar-refractivity contribution in [3.05, 3.63) is 59.8 Å². The Morgan fingerprint density at radius 3 is 2.81 bits per heavy atom. The van der Waals surface area contributed by atoms with Crippen molar-refractivity contribution in [1.29, 1.82) is 0 Å². The second-order valence-electron chi connectivity index (χ2n) is 8.23. The maximum absolute atomic E-state index is 14.5. The number of pyridine rings is 2. The van der Waals surface area contributed by atoms with Gasteiger partial charge in [0.2, 0.25) is 0 Å². The van der Waals surface area contributed by atoms with E-state index in [1.807, 2.05) is 17.0 Å². The topological polar surface area (TPSA) is 81.6 Å². The maximum Gasteiger partial charge on any atom is 0.321 e. The van der Waals surface area contributed by atoms with Crippen molar-refractivity contribution < 1.29 is 18.7 Å². The number of benzene rings is 1. The van der Waals surface area contributed by atoms with Gasteiger partial charge in [-0.15, -0.1) is 0 Å². The molecular formula is C23H23F2N5O2. The average molecular weight is 439 g/mol. The molecule has 3 aromatic rings. The van der Waals surface area contributed by atoms with Gasteiger partial charge < -0.3 is 20.2 Å².